The number of benzene rings is 1. The Kier molecular flexibility index (Phi) is 6.64. The standard InChI is InChI=1S/C18H18N4O10S/c1-21(17(26)20-9-33(28,29)30)12-7-16(25)31-13-3-2-10(6-11(12)13)8-19-18(27)32-22-14(23)4-5-15(22)24/h2-3,6-7H,4-5,8-9H2,1H3,(H,19,27)(H,20,26)(H,28,29,30). The molecule has 5 amide bonds. The molecule has 2 heterocycles. The third-order valence-corrected chi connectivity index (χ3v) is 4.98. The highest BCUT2D eigenvalue weighted by Gasteiger charge is 2.32. The molecule has 33 heavy (non-hydrogen) atoms. The molecule has 0 atom stereocenters. The second kappa shape index (κ2) is 9.25. The van der Waals surface area contributed by atoms with Gasteiger partial charge in [0.15, 0.2) is 0 Å². The number of hydrogen-bond acceptors (Lipinski definition) is 9. The molecule has 1 aliphatic rings. The summed E-state index contributed by atoms with van der Waals surface area (Å²) in [7, 11) is -3.20. The van der Waals surface area contributed by atoms with Gasteiger partial charge in [-0.25, -0.2) is 14.4 Å². The Balaban J connectivity index is 1.77. The summed E-state index contributed by atoms with van der Waals surface area (Å²) in [5.74, 6) is -2.29. The minimum absolute atomic E-state index is 0.0455. The van der Waals surface area contributed by atoms with Crippen molar-refractivity contribution in [1.82, 2.24) is 15.7 Å². The van der Waals surface area contributed by atoms with Crippen molar-refractivity contribution >= 4 is 50.7 Å². The first-order valence-corrected chi connectivity index (χ1v) is 10.9. The van der Waals surface area contributed by atoms with Gasteiger partial charge in [-0.05, 0) is 17.7 Å². The average molecular weight is 482 g/mol. The summed E-state index contributed by atoms with van der Waals surface area (Å²) in [5.41, 5.74) is -0.139. The van der Waals surface area contributed by atoms with Crippen molar-refractivity contribution in [2.24, 2.45) is 0 Å². The van der Waals surface area contributed by atoms with E-state index in [1.165, 1.54) is 25.2 Å². The number of fused-ring (bicyclic) bond motifs is 1. The van der Waals surface area contributed by atoms with Crippen LogP contribution in [0, 0.1) is 0 Å². The zero-order chi connectivity index (χ0) is 24.3. The molecule has 0 spiro atoms. The summed E-state index contributed by atoms with van der Waals surface area (Å²) in [6, 6.07) is 4.50. The number of amides is 5. The molecule has 0 unspecified atom stereocenters. The molecular formula is C18H18N4O10S. The first-order valence-electron chi connectivity index (χ1n) is 9.29. The van der Waals surface area contributed by atoms with Crippen molar-refractivity contribution in [3.63, 3.8) is 0 Å². The highest BCUT2D eigenvalue weighted by Crippen LogP contribution is 2.26. The number of urea groups is 1. The van der Waals surface area contributed by atoms with Crippen LogP contribution < -0.4 is 21.2 Å². The maximum absolute atomic E-state index is 12.2. The summed E-state index contributed by atoms with van der Waals surface area (Å²) in [6.07, 6.45) is -1.13. The van der Waals surface area contributed by atoms with Crippen molar-refractivity contribution in [3.8, 4) is 0 Å². The number of carbonyl (C=O) groups is 4. The van der Waals surface area contributed by atoms with Gasteiger partial charge in [0, 0.05) is 37.9 Å². The second-order valence-electron chi connectivity index (χ2n) is 6.86. The molecule has 1 saturated heterocycles. The Bertz CT molecular complexity index is 1290. The van der Waals surface area contributed by atoms with Gasteiger partial charge in [0.25, 0.3) is 21.9 Å². The second-order valence-corrected chi connectivity index (χ2v) is 8.32. The maximum atomic E-state index is 12.2. The number of anilines is 1. The highest BCUT2D eigenvalue weighted by atomic mass is 32.2. The fraction of sp³-hybridized carbons (Fsp3) is 0.278. The number of imide groups is 1. The molecule has 0 bridgehead atoms. The lowest BCUT2D eigenvalue weighted by Crippen LogP contribution is -2.40. The maximum Gasteiger partial charge on any atom is 0.432 e. The van der Waals surface area contributed by atoms with Gasteiger partial charge >= 0.3 is 17.7 Å². The minimum Gasteiger partial charge on any atom is -0.423 e. The summed E-state index contributed by atoms with van der Waals surface area (Å²) < 4.78 is 35.6. The SMILES string of the molecule is CN(C(=O)NCS(=O)(=O)O)c1cc(=O)oc2ccc(CNC(=O)ON3C(=O)CCC3=O)cc12. The molecule has 1 fully saturated rings. The fourth-order valence-corrected chi connectivity index (χ4v) is 3.22. The number of nitrogens with zero attached hydrogens (tertiary/aromatic N) is 2. The molecule has 1 aromatic heterocycles. The number of rotatable bonds is 6. The van der Waals surface area contributed by atoms with E-state index < -0.39 is 45.6 Å². The number of carbonyl (C=O) groups excluding carboxylic acids is 4. The molecule has 3 rings (SSSR count). The van der Waals surface area contributed by atoms with E-state index in [0.717, 1.165) is 11.0 Å². The van der Waals surface area contributed by atoms with Crippen LogP contribution in [0.15, 0.2) is 33.5 Å². The molecule has 3 N–H and O–H groups in total. The van der Waals surface area contributed by atoms with Crippen LogP contribution in [0.5, 0.6) is 0 Å². The molecule has 15 heteroatoms. The van der Waals surface area contributed by atoms with Gasteiger partial charge in [-0.2, -0.15) is 8.42 Å². The third kappa shape index (κ3) is 5.83. The molecule has 2 aromatic rings. The molecule has 14 nitrogen and oxygen atoms in total. The van der Waals surface area contributed by atoms with Crippen LogP contribution in [0.2, 0.25) is 0 Å². The fourth-order valence-electron chi connectivity index (χ4n) is 2.91. The van der Waals surface area contributed by atoms with E-state index in [0.29, 0.717) is 10.6 Å². The smallest absolute Gasteiger partial charge is 0.423 e. The predicted molar refractivity (Wildman–Crippen MR) is 110 cm³/mol. The normalized spacial score (nSPS) is 13.8. The number of hydroxylamine groups is 2. The van der Waals surface area contributed by atoms with Crippen molar-refractivity contribution in [2.45, 2.75) is 19.4 Å². The van der Waals surface area contributed by atoms with Gasteiger partial charge in [0.05, 0.1) is 5.69 Å². The largest absolute Gasteiger partial charge is 0.432 e. The molecule has 0 aliphatic carbocycles. The zero-order valence-corrected chi connectivity index (χ0v) is 17.9. The molecular weight excluding hydrogens is 464 g/mol. The van der Waals surface area contributed by atoms with Crippen molar-refractivity contribution in [1.29, 1.82) is 0 Å². The van der Waals surface area contributed by atoms with Crippen LogP contribution >= 0.6 is 0 Å². The summed E-state index contributed by atoms with van der Waals surface area (Å²) >= 11 is 0. The van der Waals surface area contributed by atoms with Crippen LogP contribution in [-0.4, -0.2) is 54.9 Å². The van der Waals surface area contributed by atoms with Crippen molar-refractivity contribution < 1.29 is 41.4 Å². The molecule has 1 aliphatic heterocycles. The van der Waals surface area contributed by atoms with Gasteiger partial charge < -0.3 is 19.9 Å². The van der Waals surface area contributed by atoms with Gasteiger partial charge in [0.1, 0.15) is 11.5 Å². The van der Waals surface area contributed by atoms with E-state index in [9.17, 15) is 32.4 Å². The van der Waals surface area contributed by atoms with E-state index in [1.807, 2.05) is 5.32 Å². The monoisotopic (exact) mass is 482 g/mol. The lowest BCUT2D eigenvalue weighted by Gasteiger charge is -2.19. The lowest BCUT2D eigenvalue weighted by molar-refractivity contribution is -0.171. The summed E-state index contributed by atoms with van der Waals surface area (Å²) in [4.78, 5) is 64.7. The number of nitrogens with one attached hydrogen (secondary N) is 2. The van der Waals surface area contributed by atoms with Crippen LogP contribution in [0.3, 0.4) is 0 Å². The van der Waals surface area contributed by atoms with Crippen molar-refractivity contribution in [2.75, 3.05) is 17.8 Å². The molecule has 176 valence electrons. The van der Waals surface area contributed by atoms with E-state index in [-0.39, 0.29) is 36.0 Å². The summed E-state index contributed by atoms with van der Waals surface area (Å²) in [5, 5.41) is 5.01. The van der Waals surface area contributed by atoms with E-state index in [4.69, 9.17) is 13.8 Å². The first kappa shape index (κ1) is 23.7. The Morgan fingerprint density at radius 1 is 1.15 bits per heavy atom. The van der Waals surface area contributed by atoms with Gasteiger partial charge in [0.2, 0.25) is 0 Å². The van der Waals surface area contributed by atoms with Crippen molar-refractivity contribution in [3.05, 3.63) is 40.2 Å². The van der Waals surface area contributed by atoms with Gasteiger partial charge in [-0.15, -0.1) is 5.06 Å². The Morgan fingerprint density at radius 2 is 1.82 bits per heavy atom. The lowest BCUT2D eigenvalue weighted by atomic mass is 10.1. The quantitative estimate of drug-likeness (QED) is 0.288. The number of hydrogen-bond donors (Lipinski definition) is 3. The van der Waals surface area contributed by atoms with Gasteiger partial charge in [-0.1, -0.05) is 6.07 Å². The first-order chi connectivity index (χ1) is 15.4. The highest BCUT2D eigenvalue weighted by molar-refractivity contribution is 7.85. The molecule has 0 saturated carbocycles. The molecule has 0 radical (unpaired) electrons. The van der Waals surface area contributed by atoms with Gasteiger partial charge in [-0.3, -0.25) is 19.0 Å². The Hall–Kier alpha value is -3.98. The zero-order valence-electron chi connectivity index (χ0n) is 17.1. The Labute approximate surface area is 185 Å². The minimum atomic E-state index is -4.46. The summed E-state index contributed by atoms with van der Waals surface area (Å²) in [6.45, 7) is -0.109. The van der Waals surface area contributed by atoms with Crippen LogP contribution in [0.25, 0.3) is 11.0 Å². The van der Waals surface area contributed by atoms with E-state index >= 15 is 0 Å². The van der Waals surface area contributed by atoms with E-state index in [1.54, 1.807) is 0 Å². The topological polar surface area (TPSA) is 193 Å². The average Bonchev–Trinajstić information content (AvgIpc) is 3.06. The Morgan fingerprint density at radius 3 is 2.45 bits per heavy atom. The van der Waals surface area contributed by atoms with Crippen LogP contribution in [0.4, 0.5) is 15.3 Å². The van der Waals surface area contributed by atoms with Crippen LogP contribution in [-0.2, 0) is 31.1 Å². The van der Waals surface area contributed by atoms with E-state index in [2.05, 4.69) is 5.32 Å². The predicted octanol–water partition coefficient (Wildman–Crippen LogP) is 0.0743. The molecule has 1 aromatic carbocycles. The van der Waals surface area contributed by atoms with Crippen LogP contribution in [0.1, 0.15) is 18.4 Å². The third-order valence-electron chi connectivity index (χ3n) is 4.47.